The number of amidine groups is 1. The maximum absolute atomic E-state index is 13.2. The van der Waals surface area contributed by atoms with E-state index in [-0.39, 0.29) is 23.8 Å². The number of hydrogen-bond donors (Lipinski definition) is 2. The Morgan fingerprint density at radius 3 is 2.15 bits per heavy atom. The van der Waals surface area contributed by atoms with E-state index in [9.17, 15) is 4.79 Å². The maximum Gasteiger partial charge on any atom is 0.258 e. The summed E-state index contributed by atoms with van der Waals surface area (Å²) in [4.78, 5) is 15.1. The number of unbranched alkanes of at least 4 members (excludes halogenated alkanes) is 1. The highest BCUT2D eigenvalue weighted by molar-refractivity contribution is 5.98. The molecule has 0 spiro atoms. The van der Waals surface area contributed by atoms with E-state index in [0.717, 1.165) is 12.8 Å². The van der Waals surface area contributed by atoms with Gasteiger partial charge < -0.3 is 30.1 Å². The van der Waals surface area contributed by atoms with Crippen LogP contribution in [0.25, 0.3) is 0 Å². The molecule has 180 valence electrons. The molecule has 0 saturated heterocycles. The third kappa shape index (κ3) is 7.03. The highest BCUT2D eigenvalue weighted by Crippen LogP contribution is 2.33. The average Bonchev–Trinajstić information content (AvgIpc) is 2.80. The maximum atomic E-state index is 13.2. The van der Waals surface area contributed by atoms with Crippen LogP contribution in [0.3, 0.4) is 0 Å². The topological polar surface area (TPSA) is 107 Å². The van der Waals surface area contributed by atoms with Gasteiger partial charge in [0.15, 0.2) is 17.3 Å². The molecule has 2 rings (SSSR count). The van der Waals surface area contributed by atoms with Gasteiger partial charge in [0.1, 0.15) is 5.75 Å². The highest BCUT2D eigenvalue weighted by Gasteiger charge is 2.26. The number of rotatable bonds is 12. The van der Waals surface area contributed by atoms with Crippen LogP contribution < -0.4 is 19.9 Å². The zero-order valence-corrected chi connectivity index (χ0v) is 20.1. The Balaban J connectivity index is 1.93. The molecular formula is C25H35N3O5. The minimum atomic E-state index is -0.0763. The van der Waals surface area contributed by atoms with E-state index in [0.29, 0.717) is 41.6 Å². The molecule has 0 saturated carbocycles. The first-order valence-electron chi connectivity index (χ1n) is 11.1. The number of carbonyl (C=O) groups excluding carboxylic acids is 1. The lowest BCUT2D eigenvalue weighted by Gasteiger charge is -2.31. The summed E-state index contributed by atoms with van der Waals surface area (Å²) < 4.78 is 17.2. The Bertz CT molecular complexity index is 918. The molecule has 8 nitrogen and oxygen atoms in total. The summed E-state index contributed by atoms with van der Waals surface area (Å²) in [5, 5.41) is 11.7. The number of hydrogen-bond acceptors (Lipinski definition) is 6. The van der Waals surface area contributed by atoms with Crippen LogP contribution in [0.4, 0.5) is 0 Å². The van der Waals surface area contributed by atoms with Crippen molar-refractivity contribution in [3.05, 3.63) is 53.6 Å². The standard InChI is InChI=1S/C25H35N3O5/c1-17(2)28(18(3)4)25(29)21-9-8-10-22(31-5)23(21)33-16-7-6-15-32-20-13-11-19(12-14-20)24(26)27-30/h8-14,17-18,30H,6-7,15-16H2,1-5H3,(H2,26,27). The second-order valence-electron chi connectivity index (χ2n) is 8.15. The molecule has 0 aliphatic rings. The fourth-order valence-corrected chi connectivity index (χ4v) is 3.55. The van der Waals surface area contributed by atoms with Gasteiger partial charge in [0.2, 0.25) is 0 Å². The lowest BCUT2D eigenvalue weighted by Crippen LogP contribution is -2.42. The Kier molecular flexibility index (Phi) is 9.84. The molecule has 8 heteroatoms. The Labute approximate surface area is 195 Å². The van der Waals surface area contributed by atoms with Gasteiger partial charge in [-0.05, 0) is 76.9 Å². The Morgan fingerprint density at radius 1 is 1.00 bits per heavy atom. The molecule has 0 aliphatic carbocycles. The predicted molar refractivity (Wildman–Crippen MR) is 129 cm³/mol. The zero-order valence-electron chi connectivity index (χ0n) is 20.1. The van der Waals surface area contributed by atoms with Crippen molar-refractivity contribution in [1.29, 1.82) is 0 Å². The van der Waals surface area contributed by atoms with Gasteiger partial charge in [-0.15, -0.1) is 0 Å². The van der Waals surface area contributed by atoms with E-state index >= 15 is 0 Å². The molecule has 2 aromatic rings. The van der Waals surface area contributed by atoms with E-state index in [1.54, 1.807) is 49.6 Å². The number of nitrogens with two attached hydrogens (primary N) is 1. The SMILES string of the molecule is COc1cccc(C(=O)N(C(C)C)C(C)C)c1OCCCCOc1ccc(/C(N)=N/O)cc1. The molecule has 0 aromatic heterocycles. The lowest BCUT2D eigenvalue weighted by molar-refractivity contribution is 0.0638. The molecule has 0 bridgehead atoms. The lowest BCUT2D eigenvalue weighted by atomic mass is 10.1. The number of benzene rings is 2. The van der Waals surface area contributed by atoms with Crippen molar-refractivity contribution in [3.8, 4) is 17.2 Å². The van der Waals surface area contributed by atoms with Crippen molar-refractivity contribution < 1.29 is 24.2 Å². The predicted octanol–water partition coefficient (Wildman–Crippen LogP) is 4.29. The zero-order chi connectivity index (χ0) is 24.4. The summed E-state index contributed by atoms with van der Waals surface area (Å²) >= 11 is 0. The van der Waals surface area contributed by atoms with Crippen molar-refractivity contribution in [2.45, 2.75) is 52.6 Å². The average molecular weight is 458 g/mol. The van der Waals surface area contributed by atoms with Gasteiger partial charge >= 0.3 is 0 Å². The van der Waals surface area contributed by atoms with Crippen molar-refractivity contribution in [2.75, 3.05) is 20.3 Å². The molecule has 1 amide bonds. The summed E-state index contributed by atoms with van der Waals surface area (Å²) in [5.41, 5.74) is 6.67. The molecule has 0 atom stereocenters. The van der Waals surface area contributed by atoms with Gasteiger partial charge in [-0.25, -0.2) is 0 Å². The van der Waals surface area contributed by atoms with Gasteiger partial charge in [0.05, 0.1) is 25.9 Å². The summed E-state index contributed by atoms with van der Waals surface area (Å²) in [6, 6.07) is 12.5. The first-order valence-corrected chi connectivity index (χ1v) is 11.1. The Hall–Kier alpha value is -3.42. The molecule has 0 heterocycles. The number of ether oxygens (including phenoxy) is 3. The quantitative estimate of drug-likeness (QED) is 0.162. The van der Waals surface area contributed by atoms with E-state index in [4.69, 9.17) is 25.2 Å². The van der Waals surface area contributed by atoms with E-state index in [1.165, 1.54) is 0 Å². The van der Waals surface area contributed by atoms with Gasteiger partial charge in [0, 0.05) is 17.6 Å². The van der Waals surface area contributed by atoms with Crippen molar-refractivity contribution in [3.63, 3.8) is 0 Å². The van der Waals surface area contributed by atoms with E-state index in [2.05, 4.69) is 5.16 Å². The Morgan fingerprint density at radius 2 is 1.61 bits per heavy atom. The van der Waals surface area contributed by atoms with Crippen molar-refractivity contribution in [2.24, 2.45) is 10.9 Å². The molecule has 0 fully saturated rings. The summed E-state index contributed by atoms with van der Waals surface area (Å²) in [6.45, 7) is 8.94. The van der Waals surface area contributed by atoms with Crippen LogP contribution in [0.1, 0.15) is 56.5 Å². The molecule has 0 aliphatic heterocycles. The second kappa shape index (κ2) is 12.6. The molecule has 0 unspecified atom stereocenters. The smallest absolute Gasteiger partial charge is 0.258 e. The number of nitrogens with zero attached hydrogens (tertiary/aromatic N) is 2. The summed E-state index contributed by atoms with van der Waals surface area (Å²) in [7, 11) is 1.57. The summed E-state index contributed by atoms with van der Waals surface area (Å²) in [5.74, 6) is 1.68. The van der Waals surface area contributed by atoms with E-state index < -0.39 is 0 Å². The van der Waals surface area contributed by atoms with Gasteiger partial charge in [-0.1, -0.05) is 11.2 Å². The monoisotopic (exact) mass is 457 g/mol. The van der Waals surface area contributed by atoms with Crippen LogP contribution in [-0.4, -0.2) is 54.3 Å². The fourth-order valence-electron chi connectivity index (χ4n) is 3.55. The summed E-state index contributed by atoms with van der Waals surface area (Å²) in [6.07, 6.45) is 1.51. The largest absolute Gasteiger partial charge is 0.494 e. The van der Waals surface area contributed by atoms with Gasteiger partial charge in [-0.2, -0.15) is 0 Å². The van der Waals surface area contributed by atoms with E-state index in [1.807, 2.05) is 32.6 Å². The second-order valence-corrected chi connectivity index (χ2v) is 8.15. The van der Waals surface area contributed by atoms with Crippen LogP contribution in [-0.2, 0) is 0 Å². The molecule has 3 N–H and O–H groups in total. The molecule has 0 radical (unpaired) electrons. The number of carbonyl (C=O) groups is 1. The minimum absolute atomic E-state index is 0.0535. The van der Waals surface area contributed by atoms with Crippen LogP contribution in [0.5, 0.6) is 17.2 Å². The van der Waals surface area contributed by atoms with Gasteiger partial charge in [-0.3, -0.25) is 4.79 Å². The highest BCUT2D eigenvalue weighted by atomic mass is 16.5. The van der Waals surface area contributed by atoms with Crippen molar-refractivity contribution in [1.82, 2.24) is 4.90 Å². The third-order valence-corrected chi connectivity index (χ3v) is 5.09. The first kappa shape index (κ1) is 25.8. The number of oxime groups is 1. The van der Waals surface area contributed by atoms with Crippen LogP contribution in [0.15, 0.2) is 47.6 Å². The molecular weight excluding hydrogens is 422 g/mol. The van der Waals surface area contributed by atoms with Crippen molar-refractivity contribution >= 4 is 11.7 Å². The first-order chi connectivity index (χ1) is 15.8. The normalized spacial score (nSPS) is 11.5. The fraction of sp³-hybridized carbons (Fsp3) is 0.440. The number of amides is 1. The van der Waals surface area contributed by atoms with Gasteiger partial charge in [0.25, 0.3) is 5.91 Å². The third-order valence-electron chi connectivity index (χ3n) is 5.09. The van der Waals surface area contributed by atoms with Crippen LogP contribution in [0, 0.1) is 0 Å². The number of methoxy groups -OCH3 is 1. The van der Waals surface area contributed by atoms with Crippen LogP contribution in [0.2, 0.25) is 0 Å². The molecule has 2 aromatic carbocycles. The minimum Gasteiger partial charge on any atom is -0.494 e. The molecule has 33 heavy (non-hydrogen) atoms. The number of para-hydroxylation sites is 1. The van der Waals surface area contributed by atoms with Crippen LogP contribution >= 0.6 is 0 Å².